The Balaban J connectivity index is 0.000000139. The summed E-state index contributed by atoms with van der Waals surface area (Å²) in [4.78, 5) is 113. The van der Waals surface area contributed by atoms with Crippen LogP contribution in [0.1, 0.15) is 193 Å². The maximum Gasteiger partial charge on any atom is 0.223 e. The summed E-state index contributed by atoms with van der Waals surface area (Å²) in [6.07, 6.45) is 19.3. The Hall–Kier alpha value is -9.64. The van der Waals surface area contributed by atoms with Crippen LogP contribution in [-0.4, -0.2) is 138 Å². The van der Waals surface area contributed by atoms with Crippen LogP contribution in [-0.2, 0) is 67.0 Å². The molecule has 3 aliphatic carbocycles. The van der Waals surface area contributed by atoms with E-state index >= 15 is 0 Å². The van der Waals surface area contributed by atoms with Crippen LogP contribution in [0, 0.1) is 55.4 Å². The second-order valence-electron chi connectivity index (χ2n) is 30.2. The number of Topliss-reactive ketones (excluding diaryl/α,β-unsaturated/α-hetero) is 4. The molecule has 0 amide bonds. The summed E-state index contributed by atoms with van der Waals surface area (Å²) in [5.41, 5.74) is 35.0. The number of hydrogen-bond acceptors (Lipinski definition) is 28. The van der Waals surface area contributed by atoms with E-state index in [1.165, 1.54) is 0 Å². The Morgan fingerprint density at radius 1 is 0.348 bits per heavy atom. The Kier molecular flexibility index (Phi) is 24.0. The molecule has 12 heterocycles. The lowest BCUT2D eigenvalue weighted by atomic mass is 9.61. The number of anilines is 8. The Morgan fingerprint density at radius 2 is 0.580 bits per heavy atom. The molecule has 7 aliphatic rings. The molecule has 32 heteroatoms. The minimum atomic E-state index is -0.690. The molecule has 3 spiro atoms. The molecule has 0 atom stereocenters. The van der Waals surface area contributed by atoms with Crippen LogP contribution in [0.5, 0.6) is 23.0 Å². The molecule has 0 unspecified atom stereocenters. The van der Waals surface area contributed by atoms with Crippen LogP contribution in [0.15, 0.2) is 24.8 Å². The molecular weight excluding hydrogens is 1510 g/mol. The highest BCUT2D eigenvalue weighted by molar-refractivity contribution is 6.33. The monoisotopic (exact) mass is 1610 g/mol. The number of carbonyl (C=O) groups is 4. The van der Waals surface area contributed by atoms with Crippen molar-refractivity contribution in [3.05, 3.63) is 135 Å². The van der Waals surface area contributed by atoms with Crippen molar-refractivity contribution in [2.24, 2.45) is 0 Å². The first-order chi connectivity index (χ1) is 53.4. The van der Waals surface area contributed by atoms with E-state index in [1.54, 1.807) is 53.2 Å². The smallest absolute Gasteiger partial charge is 0.223 e. The second kappa shape index (κ2) is 32.8. The predicted molar refractivity (Wildman–Crippen MR) is 434 cm³/mol. The van der Waals surface area contributed by atoms with Gasteiger partial charge in [0, 0.05) is 91.5 Å². The molecule has 112 heavy (non-hydrogen) atoms. The topological polar surface area (TPSA) is 377 Å². The van der Waals surface area contributed by atoms with Gasteiger partial charge in [-0.2, -0.15) is 19.9 Å². The molecule has 0 aromatic carbocycles. The molecule has 8 N–H and O–H groups in total. The summed E-state index contributed by atoms with van der Waals surface area (Å²) in [5.74, 6) is 6.83. The predicted octanol–water partition coefficient (Wildman–Crippen LogP) is 12.8. The SMILES string of the molecule is CCC1(CC)C(=O)CN(Cc2ncc(C)c(OC)c2C)c2nc(N)nc(Cl)c21.COc1c(C)cnc(CN2CC(=O)C3(CCC3)c3c(Cl)nc(N)nc32)c1C.COc1c(C)cnc(CN2CC(=O)C3(CCCC3)c3c(Cl)nc(N)nc32)c1C.COc1c(C)cnc(CN2CC(=O)C3(CCCCC3)c3c(Cl)nc(N)nc32)c1C. The van der Waals surface area contributed by atoms with Gasteiger partial charge in [-0.15, -0.1) is 0 Å². The van der Waals surface area contributed by atoms with Gasteiger partial charge in [-0.1, -0.05) is 98.8 Å². The molecule has 594 valence electrons. The number of nitrogens with zero attached hydrogens (tertiary/aromatic N) is 16. The molecule has 8 aromatic rings. The van der Waals surface area contributed by atoms with E-state index in [9.17, 15) is 19.2 Å². The van der Waals surface area contributed by atoms with Crippen LogP contribution in [0.2, 0.25) is 20.6 Å². The van der Waals surface area contributed by atoms with Crippen molar-refractivity contribution in [1.29, 1.82) is 0 Å². The number of nitrogens with two attached hydrogens (primary N) is 4. The van der Waals surface area contributed by atoms with Gasteiger partial charge in [-0.05, 0) is 107 Å². The van der Waals surface area contributed by atoms with Crippen LogP contribution >= 0.6 is 46.4 Å². The van der Waals surface area contributed by atoms with Crippen LogP contribution in [0.4, 0.5) is 47.1 Å². The van der Waals surface area contributed by atoms with Gasteiger partial charge in [-0.25, -0.2) is 19.9 Å². The standard InChI is InChI=1S/C21H26ClN5O2.C20H24ClN5O2.C20H26ClN5O2.C19H22ClN5O2/c1-12-9-24-14(13(2)17(12)29-3)10-27-11-15(28)21(7-5-4-6-8-21)16-18(22)25-20(23)26-19(16)27;1-11-8-23-13(12(2)16(11)28-3)9-26-10-14(27)20(6-4-5-7-20)15-17(21)24-19(22)25-18(15)26;1-6-20(7-2)14(27)10-26(18-15(20)17(21)24-19(22)25-18)9-13-12(4)16(28-5)11(3)8-23-13;1-10-7-22-12(11(2)15(10)27-3)8-25-9-13(26)19(5-4-6-19)14-16(20)23-18(21)24-17(14)25/h9H,4-8,10-11H2,1-3H3,(H2,23,25,26);8H,4-7,9-10H2,1-3H3,(H2,22,24,25);8H,6-7,9-10H2,1-5H3,(H2,22,24,25);7H,4-6,8-9H2,1-3H3,(H2,21,23,24). The number of aromatic nitrogens is 12. The van der Waals surface area contributed by atoms with Gasteiger partial charge in [0.25, 0.3) is 0 Å². The second-order valence-corrected chi connectivity index (χ2v) is 31.7. The highest BCUT2D eigenvalue weighted by atomic mass is 35.5. The summed E-state index contributed by atoms with van der Waals surface area (Å²) < 4.78 is 22.1. The average molecular weight is 1610 g/mol. The third-order valence-corrected chi connectivity index (χ3v) is 25.1. The zero-order chi connectivity index (χ0) is 80.8. The van der Waals surface area contributed by atoms with Gasteiger partial charge >= 0.3 is 0 Å². The van der Waals surface area contributed by atoms with E-state index in [2.05, 4.69) is 59.8 Å². The molecule has 0 bridgehead atoms. The van der Waals surface area contributed by atoms with Crippen LogP contribution in [0.25, 0.3) is 0 Å². The van der Waals surface area contributed by atoms with Gasteiger partial charge in [-0.3, -0.25) is 39.1 Å². The molecule has 4 aliphatic heterocycles. The fourth-order valence-electron chi connectivity index (χ4n) is 17.9. The molecular formula is C80H98Cl4N20O8. The van der Waals surface area contributed by atoms with Crippen molar-refractivity contribution < 1.29 is 38.1 Å². The molecule has 8 aromatic heterocycles. The van der Waals surface area contributed by atoms with Crippen LogP contribution < -0.4 is 61.5 Å². The number of pyridine rings is 4. The molecule has 0 radical (unpaired) electrons. The summed E-state index contributed by atoms with van der Waals surface area (Å²) in [6, 6.07) is 0. The zero-order valence-electron chi connectivity index (χ0n) is 66.1. The average Bonchev–Trinajstić information content (AvgIpc) is 0.858. The minimum absolute atomic E-state index is 0.0929. The van der Waals surface area contributed by atoms with Gasteiger partial charge < -0.3 is 61.5 Å². The lowest BCUT2D eigenvalue weighted by Crippen LogP contribution is -2.53. The summed E-state index contributed by atoms with van der Waals surface area (Å²) in [6.45, 7) is 22.4. The van der Waals surface area contributed by atoms with Crippen molar-refractivity contribution in [2.45, 2.75) is 207 Å². The van der Waals surface area contributed by atoms with Crippen molar-refractivity contribution >= 4 is 117 Å². The summed E-state index contributed by atoms with van der Waals surface area (Å²) in [5, 5.41) is 1.10. The molecule has 15 rings (SSSR count). The highest BCUT2D eigenvalue weighted by Gasteiger charge is 2.55. The van der Waals surface area contributed by atoms with E-state index in [0.29, 0.717) is 73.0 Å². The number of halogens is 4. The largest absolute Gasteiger partial charge is 0.496 e. The number of carbonyl (C=O) groups excluding carboxylic acids is 4. The van der Waals surface area contributed by atoms with Crippen molar-refractivity contribution in [3.63, 3.8) is 0 Å². The Morgan fingerprint density at radius 3 is 0.821 bits per heavy atom. The Labute approximate surface area is 672 Å². The van der Waals surface area contributed by atoms with E-state index in [1.807, 2.05) is 88.8 Å². The quantitative estimate of drug-likeness (QED) is 0.0735. The van der Waals surface area contributed by atoms with Gasteiger partial charge in [0.05, 0.1) is 125 Å². The number of ketones is 4. The van der Waals surface area contributed by atoms with Gasteiger partial charge in [0.2, 0.25) is 23.8 Å². The summed E-state index contributed by atoms with van der Waals surface area (Å²) >= 11 is 26.0. The van der Waals surface area contributed by atoms with E-state index < -0.39 is 21.7 Å². The van der Waals surface area contributed by atoms with Crippen molar-refractivity contribution in [2.75, 3.05) is 97.2 Å². The Bertz CT molecular complexity index is 4890. The van der Waals surface area contributed by atoms with Gasteiger partial charge in [0.15, 0.2) is 23.1 Å². The fourth-order valence-corrected chi connectivity index (χ4v) is 19.3. The lowest BCUT2D eigenvalue weighted by Gasteiger charge is -2.47. The first-order valence-corrected chi connectivity index (χ1v) is 39.3. The van der Waals surface area contributed by atoms with Gasteiger partial charge in [0.1, 0.15) is 66.9 Å². The molecule has 3 fully saturated rings. The molecule has 28 nitrogen and oxygen atoms in total. The number of fused-ring (bicyclic) bond motifs is 7. The van der Waals surface area contributed by atoms with Crippen molar-refractivity contribution in [3.8, 4) is 23.0 Å². The number of rotatable bonds is 14. The van der Waals surface area contributed by atoms with E-state index in [4.69, 9.17) is 88.3 Å². The fraction of sp³-hybridized carbons (Fsp3) is 0.500. The zero-order valence-corrected chi connectivity index (χ0v) is 69.1. The summed E-state index contributed by atoms with van der Waals surface area (Å²) in [7, 11) is 6.59. The van der Waals surface area contributed by atoms with Crippen LogP contribution in [0.3, 0.4) is 0 Å². The maximum atomic E-state index is 13.4. The number of aryl methyl sites for hydroxylation is 4. The number of methoxy groups -OCH3 is 4. The molecule has 3 saturated carbocycles. The van der Waals surface area contributed by atoms with E-state index in [0.717, 1.165) is 184 Å². The molecule has 0 saturated heterocycles. The van der Waals surface area contributed by atoms with Crippen molar-refractivity contribution in [1.82, 2.24) is 59.8 Å². The third-order valence-electron chi connectivity index (χ3n) is 24.0. The maximum absolute atomic E-state index is 13.4. The lowest BCUT2D eigenvalue weighted by molar-refractivity contribution is -0.127. The number of ether oxygens (including phenoxy) is 4. The van der Waals surface area contributed by atoms with E-state index in [-0.39, 0.29) is 88.6 Å². The number of hydrogen-bond donors (Lipinski definition) is 4. The number of nitrogen functional groups attached to an aromatic ring is 4. The first-order valence-electron chi connectivity index (χ1n) is 37.8. The third kappa shape index (κ3) is 14.7. The normalized spacial score (nSPS) is 17.3. The highest BCUT2D eigenvalue weighted by Crippen LogP contribution is 2.55. The first kappa shape index (κ1) is 81.8. The minimum Gasteiger partial charge on any atom is -0.496 e.